The summed E-state index contributed by atoms with van der Waals surface area (Å²) in [7, 11) is 0.383. The number of hydrogen-bond acceptors (Lipinski definition) is 4. The molecule has 1 aliphatic rings. The molecule has 4 rings (SSSR count). The number of hydrogen-bond donors (Lipinski definition) is 1. The zero-order valence-corrected chi connectivity index (χ0v) is 16.0. The molecule has 0 radical (unpaired) electrons. The fourth-order valence-electron chi connectivity index (χ4n) is 3.15. The third-order valence-electron chi connectivity index (χ3n) is 4.64. The van der Waals surface area contributed by atoms with Gasteiger partial charge in [0.25, 0.3) is 0 Å². The summed E-state index contributed by atoms with van der Waals surface area (Å²) in [4.78, 5) is 0.746. The number of nitrogens with one attached hydrogen (secondary N) is 1. The Morgan fingerprint density at radius 3 is 2.37 bits per heavy atom. The van der Waals surface area contributed by atoms with E-state index in [1.165, 1.54) is 5.56 Å². The molecule has 0 fully saturated rings. The van der Waals surface area contributed by atoms with Crippen LogP contribution in [0, 0.1) is 6.92 Å². The number of anilines is 1. The summed E-state index contributed by atoms with van der Waals surface area (Å²) in [5.74, 6) is 1.48. The van der Waals surface area contributed by atoms with Crippen LogP contribution in [0.1, 0.15) is 17.2 Å². The van der Waals surface area contributed by atoms with Crippen molar-refractivity contribution < 1.29 is 13.7 Å². The van der Waals surface area contributed by atoms with Gasteiger partial charge in [0.1, 0.15) is 28.3 Å². The average Bonchev–Trinajstić information content (AvgIpc) is 3.04. The molecule has 0 amide bonds. The Balaban J connectivity index is 1.68. The Labute approximate surface area is 161 Å². The normalized spacial score (nSPS) is 19.0. The second-order valence-electron chi connectivity index (χ2n) is 6.49. The van der Waals surface area contributed by atoms with Gasteiger partial charge in [-0.25, -0.2) is 0 Å². The maximum Gasteiger partial charge on any atom is 0.201 e. The lowest BCUT2D eigenvalue weighted by Gasteiger charge is -2.25. The smallest absolute Gasteiger partial charge is 0.201 e. The standard InChI is InChI=1S/C22H21NO3S/c1-15-7-9-16(10-8-15)21(23-17-11-13-18(25-2)14-12-17)22-26-19-5-3-4-6-20(19)27(22)24/h3-14,21-23H,1-2H3/t21-,22+,27-/m0/s1. The molecule has 0 saturated heterocycles. The summed E-state index contributed by atoms with van der Waals surface area (Å²) in [5, 5.41) is 3.50. The minimum absolute atomic E-state index is 0.257. The lowest BCUT2D eigenvalue weighted by molar-refractivity contribution is 0.267. The largest absolute Gasteiger partial charge is 0.497 e. The molecule has 5 heteroatoms. The van der Waals surface area contributed by atoms with E-state index in [4.69, 9.17) is 9.47 Å². The van der Waals surface area contributed by atoms with E-state index in [2.05, 4.69) is 36.5 Å². The van der Waals surface area contributed by atoms with Crippen molar-refractivity contribution in [2.24, 2.45) is 0 Å². The van der Waals surface area contributed by atoms with E-state index in [9.17, 15) is 4.21 Å². The Kier molecular flexibility index (Phi) is 4.86. The van der Waals surface area contributed by atoms with Crippen molar-refractivity contribution in [2.75, 3.05) is 12.4 Å². The fraction of sp³-hybridized carbons (Fsp3) is 0.182. The Bertz CT molecular complexity index is 954. The number of para-hydroxylation sites is 1. The van der Waals surface area contributed by atoms with E-state index < -0.39 is 16.2 Å². The predicted octanol–water partition coefficient (Wildman–Crippen LogP) is 4.68. The average molecular weight is 379 g/mol. The van der Waals surface area contributed by atoms with Crippen LogP contribution < -0.4 is 14.8 Å². The number of benzene rings is 3. The van der Waals surface area contributed by atoms with Gasteiger partial charge in [-0.05, 0) is 48.9 Å². The van der Waals surface area contributed by atoms with Crippen molar-refractivity contribution in [1.29, 1.82) is 0 Å². The molecule has 0 bridgehead atoms. The van der Waals surface area contributed by atoms with Gasteiger partial charge in [0, 0.05) is 5.69 Å². The second-order valence-corrected chi connectivity index (χ2v) is 7.99. The molecule has 1 aliphatic heterocycles. The first-order valence-electron chi connectivity index (χ1n) is 8.79. The van der Waals surface area contributed by atoms with Gasteiger partial charge in [-0.15, -0.1) is 0 Å². The number of ether oxygens (including phenoxy) is 2. The highest BCUT2D eigenvalue weighted by atomic mass is 32.2. The van der Waals surface area contributed by atoms with Crippen LogP contribution in [0.3, 0.4) is 0 Å². The summed E-state index contributed by atoms with van der Waals surface area (Å²) < 4.78 is 24.4. The highest BCUT2D eigenvalue weighted by Gasteiger charge is 2.38. The van der Waals surface area contributed by atoms with E-state index in [1.807, 2.05) is 48.5 Å². The maximum atomic E-state index is 13.1. The molecule has 1 heterocycles. The van der Waals surface area contributed by atoms with E-state index >= 15 is 0 Å². The molecule has 138 valence electrons. The lowest BCUT2D eigenvalue weighted by Crippen LogP contribution is -2.31. The van der Waals surface area contributed by atoms with Crippen LogP contribution in [0.5, 0.6) is 11.5 Å². The zero-order valence-electron chi connectivity index (χ0n) is 15.2. The molecule has 4 nitrogen and oxygen atoms in total. The van der Waals surface area contributed by atoms with Crippen molar-refractivity contribution in [3.05, 3.63) is 83.9 Å². The van der Waals surface area contributed by atoms with E-state index in [0.29, 0.717) is 5.75 Å². The summed E-state index contributed by atoms with van der Waals surface area (Å²) in [6.45, 7) is 2.05. The van der Waals surface area contributed by atoms with Crippen molar-refractivity contribution in [3.8, 4) is 11.5 Å². The topological polar surface area (TPSA) is 47.6 Å². The first-order valence-corrected chi connectivity index (χ1v) is 10.0. The minimum Gasteiger partial charge on any atom is -0.497 e. The van der Waals surface area contributed by atoms with Crippen LogP contribution in [-0.2, 0) is 10.8 Å². The molecule has 0 spiro atoms. The molecule has 3 aromatic rings. The Morgan fingerprint density at radius 2 is 1.70 bits per heavy atom. The van der Waals surface area contributed by atoms with Crippen LogP contribution >= 0.6 is 0 Å². The molecule has 3 aromatic carbocycles. The summed E-state index contributed by atoms with van der Waals surface area (Å²) in [6, 6.07) is 23.2. The number of fused-ring (bicyclic) bond motifs is 1. The van der Waals surface area contributed by atoms with Gasteiger partial charge in [0.2, 0.25) is 5.44 Å². The second kappa shape index (κ2) is 7.45. The molecular formula is C22H21NO3S. The Morgan fingerprint density at radius 1 is 1.00 bits per heavy atom. The Hall–Kier alpha value is -2.79. The SMILES string of the molecule is COc1ccc(N[C@@H](c2ccc(C)cc2)[C@@H]2Oc3ccccc3[S@@]2=O)cc1. The quantitative estimate of drug-likeness (QED) is 0.699. The molecule has 3 atom stereocenters. The third kappa shape index (κ3) is 3.55. The van der Waals surface area contributed by atoms with E-state index in [1.54, 1.807) is 7.11 Å². The molecule has 0 saturated carbocycles. The third-order valence-corrected chi connectivity index (χ3v) is 6.20. The molecule has 0 unspecified atom stereocenters. The van der Waals surface area contributed by atoms with Crippen molar-refractivity contribution >= 4 is 16.5 Å². The molecule has 0 aliphatic carbocycles. The van der Waals surface area contributed by atoms with Crippen LogP contribution in [0.15, 0.2) is 77.7 Å². The molecule has 0 aromatic heterocycles. The first kappa shape index (κ1) is 17.6. The van der Waals surface area contributed by atoms with Gasteiger partial charge in [0.15, 0.2) is 0 Å². The monoisotopic (exact) mass is 379 g/mol. The van der Waals surface area contributed by atoms with Gasteiger partial charge in [0.05, 0.1) is 12.0 Å². The highest BCUT2D eigenvalue weighted by molar-refractivity contribution is 7.86. The van der Waals surface area contributed by atoms with E-state index in [0.717, 1.165) is 21.9 Å². The van der Waals surface area contributed by atoms with Crippen molar-refractivity contribution in [3.63, 3.8) is 0 Å². The van der Waals surface area contributed by atoms with Crippen LogP contribution in [-0.4, -0.2) is 16.8 Å². The summed E-state index contributed by atoms with van der Waals surface area (Å²) in [5.41, 5.74) is 2.62. The van der Waals surface area contributed by atoms with Gasteiger partial charge < -0.3 is 14.8 Å². The van der Waals surface area contributed by atoms with Gasteiger partial charge >= 0.3 is 0 Å². The maximum absolute atomic E-state index is 13.1. The molecular weight excluding hydrogens is 358 g/mol. The number of methoxy groups -OCH3 is 1. The molecule has 27 heavy (non-hydrogen) atoms. The van der Waals surface area contributed by atoms with Gasteiger partial charge in [-0.1, -0.05) is 42.0 Å². The van der Waals surface area contributed by atoms with Gasteiger partial charge in [-0.2, -0.15) is 0 Å². The van der Waals surface area contributed by atoms with Crippen molar-refractivity contribution in [2.45, 2.75) is 23.3 Å². The minimum atomic E-state index is -1.26. The van der Waals surface area contributed by atoms with Gasteiger partial charge in [-0.3, -0.25) is 4.21 Å². The van der Waals surface area contributed by atoms with Crippen molar-refractivity contribution in [1.82, 2.24) is 0 Å². The summed E-state index contributed by atoms with van der Waals surface area (Å²) in [6.07, 6.45) is 0. The summed E-state index contributed by atoms with van der Waals surface area (Å²) >= 11 is 0. The zero-order chi connectivity index (χ0) is 18.8. The van der Waals surface area contributed by atoms with Crippen LogP contribution in [0.4, 0.5) is 5.69 Å². The fourth-order valence-corrected chi connectivity index (χ4v) is 4.59. The molecule has 1 N–H and O–H groups in total. The van der Waals surface area contributed by atoms with E-state index in [-0.39, 0.29) is 6.04 Å². The lowest BCUT2D eigenvalue weighted by atomic mass is 10.0. The van der Waals surface area contributed by atoms with Crippen LogP contribution in [0.2, 0.25) is 0 Å². The van der Waals surface area contributed by atoms with Crippen LogP contribution in [0.25, 0.3) is 0 Å². The first-order chi connectivity index (χ1) is 13.2. The highest BCUT2D eigenvalue weighted by Crippen LogP contribution is 2.39. The predicted molar refractivity (Wildman–Crippen MR) is 108 cm³/mol. The number of aryl methyl sites for hydroxylation is 1. The number of rotatable bonds is 5.